The number of nitrogens with one attached hydrogen (secondary N) is 2. The largest absolute Gasteiger partial charge is 0.459 e. The van der Waals surface area contributed by atoms with Gasteiger partial charge in [0.2, 0.25) is 5.91 Å². The Labute approximate surface area is 145 Å². The van der Waals surface area contributed by atoms with Crippen LogP contribution in [0.15, 0.2) is 47.1 Å². The van der Waals surface area contributed by atoms with Crippen LogP contribution < -0.4 is 10.6 Å². The summed E-state index contributed by atoms with van der Waals surface area (Å²) < 4.78 is 18.5. The van der Waals surface area contributed by atoms with E-state index in [4.69, 9.17) is 4.42 Å². The van der Waals surface area contributed by atoms with Gasteiger partial charge in [0, 0.05) is 32.6 Å². The highest BCUT2D eigenvalue weighted by Crippen LogP contribution is 2.23. The smallest absolute Gasteiger partial charge is 0.286 e. The summed E-state index contributed by atoms with van der Waals surface area (Å²) in [4.78, 5) is 26.1. The first-order valence-electron chi connectivity index (χ1n) is 8.22. The number of carbonyl (C=O) groups is 2. The molecule has 1 fully saturated rings. The van der Waals surface area contributed by atoms with E-state index in [-0.39, 0.29) is 42.4 Å². The average Bonchev–Trinajstić information content (AvgIpc) is 3.16. The van der Waals surface area contributed by atoms with Crippen LogP contribution in [-0.2, 0) is 4.79 Å². The fourth-order valence-corrected chi connectivity index (χ4v) is 2.94. The third-order valence-electron chi connectivity index (χ3n) is 4.17. The van der Waals surface area contributed by atoms with Crippen molar-refractivity contribution in [1.82, 2.24) is 15.5 Å². The Hall–Kier alpha value is -2.67. The summed E-state index contributed by atoms with van der Waals surface area (Å²) in [5.74, 6) is -0.524. The van der Waals surface area contributed by atoms with Gasteiger partial charge in [-0.3, -0.25) is 9.59 Å². The number of rotatable bonds is 5. The summed E-state index contributed by atoms with van der Waals surface area (Å²) in [6.45, 7) is 2.04. The first kappa shape index (κ1) is 17.2. The van der Waals surface area contributed by atoms with E-state index in [2.05, 4.69) is 10.6 Å². The molecule has 0 bridgehead atoms. The molecule has 2 aromatic rings. The Morgan fingerprint density at radius 3 is 2.96 bits per heavy atom. The summed E-state index contributed by atoms with van der Waals surface area (Å²) in [5, 5.41) is 5.89. The number of benzene rings is 1. The lowest BCUT2D eigenvalue weighted by Gasteiger charge is -2.36. The van der Waals surface area contributed by atoms with Gasteiger partial charge in [-0.15, -0.1) is 0 Å². The van der Waals surface area contributed by atoms with Gasteiger partial charge in [0.05, 0.1) is 12.3 Å². The predicted molar refractivity (Wildman–Crippen MR) is 89.4 cm³/mol. The fourth-order valence-electron chi connectivity index (χ4n) is 2.94. The second kappa shape index (κ2) is 7.94. The van der Waals surface area contributed by atoms with Gasteiger partial charge in [-0.25, -0.2) is 4.39 Å². The molecule has 2 heterocycles. The Balaban J connectivity index is 1.58. The molecular formula is C18H20FN3O3. The minimum Gasteiger partial charge on any atom is -0.459 e. The summed E-state index contributed by atoms with van der Waals surface area (Å²) in [5.41, 5.74) is 0.764. The second-order valence-electron chi connectivity index (χ2n) is 5.85. The zero-order valence-corrected chi connectivity index (χ0v) is 13.7. The molecule has 0 aliphatic carbocycles. The number of hydrogen-bond acceptors (Lipinski definition) is 4. The lowest BCUT2D eigenvalue weighted by atomic mass is 10.0. The number of piperazine rings is 1. The predicted octanol–water partition coefficient (Wildman–Crippen LogP) is 1.71. The molecule has 25 heavy (non-hydrogen) atoms. The molecule has 0 spiro atoms. The van der Waals surface area contributed by atoms with Gasteiger partial charge in [-0.2, -0.15) is 0 Å². The number of nitrogens with zero attached hydrogens (tertiary/aromatic N) is 1. The van der Waals surface area contributed by atoms with E-state index in [0.717, 1.165) is 5.56 Å². The first-order chi connectivity index (χ1) is 12.1. The second-order valence-corrected chi connectivity index (χ2v) is 5.85. The third-order valence-corrected chi connectivity index (χ3v) is 4.17. The zero-order valence-electron chi connectivity index (χ0n) is 13.7. The molecule has 1 aliphatic heterocycles. The molecule has 1 atom stereocenters. The van der Waals surface area contributed by atoms with E-state index in [9.17, 15) is 14.0 Å². The zero-order chi connectivity index (χ0) is 17.6. The first-order valence-corrected chi connectivity index (χ1v) is 8.22. The standard InChI is InChI=1S/C18H20FN3O3/c19-14-4-1-3-13(11-14)15-12-20-8-9-22(15)17(23)6-7-21-18(24)16-5-2-10-25-16/h1-5,10-11,15,20H,6-9,12H2,(H,21,24). The average molecular weight is 345 g/mol. The summed E-state index contributed by atoms with van der Waals surface area (Å²) >= 11 is 0. The maximum absolute atomic E-state index is 13.5. The molecule has 2 amide bonds. The van der Waals surface area contributed by atoms with Crippen LogP contribution in [0.3, 0.4) is 0 Å². The lowest BCUT2D eigenvalue weighted by molar-refractivity contribution is -0.134. The van der Waals surface area contributed by atoms with E-state index in [1.54, 1.807) is 23.1 Å². The molecule has 0 saturated carbocycles. The number of halogens is 1. The Morgan fingerprint density at radius 1 is 1.32 bits per heavy atom. The molecular weight excluding hydrogens is 325 g/mol. The van der Waals surface area contributed by atoms with Gasteiger partial charge in [-0.05, 0) is 29.8 Å². The normalized spacial score (nSPS) is 17.3. The van der Waals surface area contributed by atoms with E-state index < -0.39 is 0 Å². The molecule has 1 aliphatic rings. The van der Waals surface area contributed by atoms with Crippen LogP contribution in [0.1, 0.15) is 28.6 Å². The van der Waals surface area contributed by atoms with Crippen molar-refractivity contribution in [1.29, 1.82) is 0 Å². The fraction of sp³-hybridized carbons (Fsp3) is 0.333. The highest BCUT2D eigenvalue weighted by Gasteiger charge is 2.27. The van der Waals surface area contributed by atoms with Crippen LogP contribution in [0, 0.1) is 5.82 Å². The molecule has 1 aromatic heterocycles. The molecule has 1 unspecified atom stereocenters. The van der Waals surface area contributed by atoms with E-state index in [1.807, 2.05) is 6.07 Å². The molecule has 132 valence electrons. The van der Waals surface area contributed by atoms with E-state index in [0.29, 0.717) is 19.6 Å². The van der Waals surface area contributed by atoms with Crippen LogP contribution >= 0.6 is 0 Å². The minimum atomic E-state index is -0.347. The Bertz CT molecular complexity index is 733. The van der Waals surface area contributed by atoms with Gasteiger partial charge in [0.1, 0.15) is 5.82 Å². The highest BCUT2D eigenvalue weighted by atomic mass is 19.1. The van der Waals surface area contributed by atoms with Gasteiger partial charge < -0.3 is 20.0 Å². The molecule has 0 radical (unpaired) electrons. The third kappa shape index (κ3) is 4.24. The Morgan fingerprint density at radius 2 is 2.20 bits per heavy atom. The monoisotopic (exact) mass is 345 g/mol. The van der Waals surface area contributed by atoms with Crippen molar-refractivity contribution in [3.8, 4) is 0 Å². The maximum atomic E-state index is 13.5. The minimum absolute atomic E-state index is 0.0736. The number of carbonyl (C=O) groups excluding carboxylic acids is 2. The van der Waals surface area contributed by atoms with Crippen molar-refractivity contribution in [2.24, 2.45) is 0 Å². The van der Waals surface area contributed by atoms with Crippen LogP contribution in [0.5, 0.6) is 0 Å². The van der Waals surface area contributed by atoms with Crippen LogP contribution in [0.2, 0.25) is 0 Å². The SMILES string of the molecule is O=C(NCCC(=O)N1CCNCC1c1cccc(F)c1)c1ccco1. The number of hydrogen-bond donors (Lipinski definition) is 2. The summed E-state index contributed by atoms with van der Waals surface area (Å²) in [6, 6.07) is 9.29. The van der Waals surface area contributed by atoms with Gasteiger partial charge in [-0.1, -0.05) is 12.1 Å². The van der Waals surface area contributed by atoms with E-state index in [1.165, 1.54) is 18.4 Å². The molecule has 1 saturated heterocycles. The maximum Gasteiger partial charge on any atom is 0.286 e. The van der Waals surface area contributed by atoms with Crippen molar-refractivity contribution in [2.75, 3.05) is 26.2 Å². The van der Waals surface area contributed by atoms with E-state index >= 15 is 0 Å². The highest BCUT2D eigenvalue weighted by molar-refractivity contribution is 5.91. The molecule has 1 aromatic carbocycles. The van der Waals surface area contributed by atoms with Gasteiger partial charge in [0.25, 0.3) is 5.91 Å². The summed E-state index contributed by atoms with van der Waals surface area (Å²) in [6.07, 6.45) is 1.60. The van der Waals surface area contributed by atoms with Gasteiger partial charge >= 0.3 is 0 Å². The van der Waals surface area contributed by atoms with Crippen molar-refractivity contribution in [3.05, 3.63) is 59.8 Å². The molecule has 2 N–H and O–H groups in total. The quantitative estimate of drug-likeness (QED) is 0.865. The lowest BCUT2D eigenvalue weighted by Crippen LogP contribution is -2.49. The van der Waals surface area contributed by atoms with Crippen molar-refractivity contribution in [3.63, 3.8) is 0 Å². The van der Waals surface area contributed by atoms with Gasteiger partial charge in [0.15, 0.2) is 5.76 Å². The van der Waals surface area contributed by atoms with Crippen molar-refractivity contribution >= 4 is 11.8 Å². The van der Waals surface area contributed by atoms with Crippen LogP contribution in [-0.4, -0.2) is 42.9 Å². The van der Waals surface area contributed by atoms with Crippen LogP contribution in [0.4, 0.5) is 4.39 Å². The number of amides is 2. The molecule has 6 nitrogen and oxygen atoms in total. The van der Waals surface area contributed by atoms with Crippen molar-refractivity contribution in [2.45, 2.75) is 12.5 Å². The molecule has 3 rings (SSSR count). The number of furan rings is 1. The van der Waals surface area contributed by atoms with Crippen molar-refractivity contribution < 1.29 is 18.4 Å². The summed E-state index contributed by atoms with van der Waals surface area (Å²) in [7, 11) is 0. The van der Waals surface area contributed by atoms with Crippen LogP contribution in [0.25, 0.3) is 0 Å². The Kier molecular flexibility index (Phi) is 5.45. The molecule has 7 heteroatoms. The topological polar surface area (TPSA) is 74.6 Å².